The van der Waals surface area contributed by atoms with Crippen LogP contribution in [-0.4, -0.2) is 58.7 Å². The van der Waals surface area contributed by atoms with Crippen molar-refractivity contribution in [1.82, 2.24) is 24.1 Å². The average molecular weight is 380 g/mol. The summed E-state index contributed by atoms with van der Waals surface area (Å²) < 4.78 is 55.1. The van der Waals surface area contributed by atoms with Crippen LogP contribution in [0.3, 0.4) is 0 Å². The van der Waals surface area contributed by atoms with E-state index in [4.69, 9.17) is 0 Å². The molecular formula is C15H14F2N6O2S. The number of hydrogen-bond donors (Lipinski definition) is 0. The molecule has 0 atom stereocenters. The van der Waals surface area contributed by atoms with Gasteiger partial charge in [-0.15, -0.1) is 15.3 Å². The molecule has 26 heavy (non-hydrogen) atoms. The lowest BCUT2D eigenvalue weighted by Crippen LogP contribution is -2.49. The molecule has 1 saturated heterocycles. The van der Waals surface area contributed by atoms with Crippen molar-refractivity contribution in [1.29, 1.82) is 0 Å². The largest absolute Gasteiger partial charge is 0.353 e. The number of piperazine rings is 1. The van der Waals surface area contributed by atoms with Crippen LogP contribution in [-0.2, 0) is 10.0 Å². The molecule has 0 bridgehead atoms. The smallest absolute Gasteiger partial charge is 0.246 e. The number of halogens is 2. The number of sulfonamides is 1. The van der Waals surface area contributed by atoms with Crippen molar-refractivity contribution in [3.8, 4) is 0 Å². The zero-order valence-electron chi connectivity index (χ0n) is 13.5. The molecule has 3 aromatic rings. The van der Waals surface area contributed by atoms with Gasteiger partial charge in [0.25, 0.3) is 0 Å². The number of nitrogens with zero attached hydrogens (tertiary/aromatic N) is 6. The Hall–Kier alpha value is -2.66. The van der Waals surface area contributed by atoms with Crippen LogP contribution in [0.15, 0.2) is 41.6 Å². The molecular weight excluding hydrogens is 366 g/mol. The average Bonchev–Trinajstić information content (AvgIpc) is 3.11. The van der Waals surface area contributed by atoms with Gasteiger partial charge in [-0.1, -0.05) is 0 Å². The zero-order valence-corrected chi connectivity index (χ0v) is 14.3. The van der Waals surface area contributed by atoms with Crippen molar-refractivity contribution < 1.29 is 17.2 Å². The first kappa shape index (κ1) is 16.8. The molecule has 136 valence electrons. The number of benzene rings is 1. The highest BCUT2D eigenvalue weighted by molar-refractivity contribution is 7.89. The highest BCUT2D eigenvalue weighted by atomic mass is 32.2. The predicted molar refractivity (Wildman–Crippen MR) is 88.1 cm³/mol. The second-order valence-electron chi connectivity index (χ2n) is 5.79. The minimum atomic E-state index is -4.10. The van der Waals surface area contributed by atoms with Crippen molar-refractivity contribution in [2.24, 2.45) is 0 Å². The first-order chi connectivity index (χ1) is 12.4. The second kappa shape index (κ2) is 6.25. The fourth-order valence-corrected chi connectivity index (χ4v) is 4.36. The maximum absolute atomic E-state index is 13.9. The van der Waals surface area contributed by atoms with E-state index >= 15 is 0 Å². The van der Waals surface area contributed by atoms with E-state index in [9.17, 15) is 17.2 Å². The molecule has 4 rings (SSSR count). The lowest BCUT2D eigenvalue weighted by molar-refractivity contribution is 0.380. The third-order valence-electron chi connectivity index (χ3n) is 4.22. The second-order valence-corrected chi connectivity index (χ2v) is 7.70. The number of hydrogen-bond acceptors (Lipinski definition) is 6. The van der Waals surface area contributed by atoms with E-state index in [-0.39, 0.29) is 13.1 Å². The van der Waals surface area contributed by atoms with Crippen LogP contribution in [0.1, 0.15) is 0 Å². The molecule has 1 aliphatic rings. The Morgan fingerprint density at radius 2 is 1.77 bits per heavy atom. The summed E-state index contributed by atoms with van der Waals surface area (Å²) in [6, 6.07) is 5.95. The lowest BCUT2D eigenvalue weighted by Gasteiger charge is -2.34. The van der Waals surface area contributed by atoms with Gasteiger partial charge >= 0.3 is 0 Å². The monoisotopic (exact) mass is 380 g/mol. The fourth-order valence-electron chi connectivity index (χ4n) is 2.86. The van der Waals surface area contributed by atoms with Crippen molar-refractivity contribution in [2.75, 3.05) is 31.1 Å². The standard InChI is InChI=1S/C15H14F2N6O2S/c16-11-1-2-12(17)13(9-11)26(24,25)22-7-5-21(6-8-22)15-4-3-14-19-18-10-23(14)20-15/h1-4,9-10H,5-8H2. The highest BCUT2D eigenvalue weighted by Crippen LogP contribution is 2.23. The molecule has 1 aromatic carbocycles. The SMILES string of the molecule is O=S(=O)(c1cc(F)ccc1F)N1CCN(c2ccc3nncn3n2)CC1. The van der Waals surface area contributed by atoms with Crippen molar-refractivity contribution in [3.63, 3.8) is 0 Å². The Labute approximate surface area is 147 Å². The first-order valence-corrected chi connectivity index (χ1v) is 9.26. The molecule has 0 amide bonds. The van der Waals surface area contributed by atoms with E-state index < -0.39 is 26.6 Å². The summed E-state index contributed by atoms with van der Waals surface area (Å²) in [6.45, 7) is 1.02. The summed E-state index contributed by atoms with van der Waals surface area (Å²) in [4.78, 5) is 1.27. The summed E-state index contributed by atoms with van der Waals surface area (Å²) in [5, 5.41) is 12.0. The molecule has 0 aliphatic carbocycles. The van der Waals surface area contributed by atoms with Gasteiger partial charge in [-0.05, 0) is 30.3 Å². The third kappa shape index (κ3) is 2.88. The van der Waals surface area contributed by atoms with E-state index in [2.05, 4.69) is 15.3 Å². The van der Waals surface area contributed by atoms with Crippen LogP contribution in [0.4, 0.5) is 14.6 Å². The minimum absolute atomic E-state index is 0.139. The van der Waals surface area contributed by atoms with Gasteiger partial charge < -0.3 is 4.90 Å². The quantitative estimate of drug-likeness (QED) is 0.672. The molecule has 2 aromatic heterocycles. The zero-order chi connectivity index (χ0) is 18.3. The van der Waals surface area contributed by atoms with Crippen LogP contribution in [0.25, 0.3) is 5.65 Å². The molecule has 1 fully saturated rings. The van der Waals surface area contributed by atoms with E-state index in [1.54, 1.807) is 12.1 Å². The predicted octanol–water partition coefficient (Wildman–Crippen LogP) is 0.913. The Morgan fingerprint density at radius 1 is 1.00 bits per heavy atom. The van der Waals surface area contributed by atoms with Gasteiger partial charge in [0.15, 0.2) is 5.65 Å². The molecule has 0 radical (unpaired) electrons. The van der Waals surface area contributed by atoms with E-state index in [0.717, 1.165) is 16.4 Å². The molecule has 0 saturated carbocycles. The fraction of sp³-hybridized carbons (Fsp3) is 0.267. The van der Waals surface area contributed by atoms with Gasteiger partial charge in [-0.25, -0.2) is 17.2 Å². The van der Waals surface area contributed by atoms with Gasteiger partial charge in [0, 0.05) is 26.2 Å². The molecule has 0 unspecified atom stereocenters. The highest BCUT2D eigenvalue weighted by Gasteiger charge is 2.31. The van der Waals surface area contributed by atoms with Gasteiger partial charge in [-0.3, -0.25) is 0 Å². The number of aromatic nitrogens is 4. The summed E-state index contributed by atoms with van der Waals surface area (Å²) in [5.41, 5.74) is 0.608. The molecule has 0 N–H and O–H groups in total. The molecule has 3 heterocycles. The van der Waals surface area contributed by atoms with Crippen LogP contribution >= 0.6 is 0 Å². The number of rotatable bonds is 3. The number of anilines is 1. The summed E-state index contributed by atoms with van der Waals surface area (Å²) in [7, 11) is -4.10. The van der Waals surface area contributed by atoms with Crippen molar-refractivity contribution in [2.45, 2.75) is 4.90 Å². The van der Waals surface area contributed by atoms with Gasteiger partial charge in [0.05, 0.1) is 0 Å². The summed E-state index contributed by atoms with van der Waals surface area (Å²) >= 11 is 0. The normalized spacial score (nSPS) is 16.3. The van der Waals surface area contributed by atoms with Crippen LogP contribution in [0.2, 0.25) is 0 Å². The summed E-state index contributed by atoms with van der Waals surface area (Å²) in [5.74, 6) is -1.10. The van der Waals surface area contributed by atoms with Crippen molar-refractivity contribution in [3.05, 3.63) is 48.3 Å². The van der Waals surface area contributed by atoms with E-state index in [1.165, 1.54) is 10.8 Å². The summed E-state index contributed by atoms with van der Waals surface area (Å²) in [6.07, 6.45) is 1.48. The lowest BCUT2D eigenvalue weighted by atomic mass is 10.3. The Morgan fingerprint density at radius 3 is 2.54 bits per heavy atom. The number of fused-ring (bicyclic) bond motifs is 1. The molecule has 11 heteroatoms. The van der Waals surface area contributed by atoms with Gasteiger partial charge in [0.1, 0.15) is 28.7 Å². The maximum atomic E-state index is 13.9. The Bertz CT molecular complexity index is 1060. The van der Waals surface area contributed by atoms with Crippen LogP contribution in [0.5, 0.6) is 0 Å². The van der Waals surface area contributed by atoms with E-state index in [0.29, 0.717) is 30.6 Å². The first-order valence-electron chi connectivity index (χ1n) is 7.82. The van der Waals surface area contributed by atoms with Crippen LogP contribution in [0, 0.1) is 11.6 Å². The molecule has 0 spiro atoms. The van der Waals surface area contributed by atoms with Gasteiger partial charge in [-0.2, -0.15) is 8.82 Å². The van der Waals surface area contributed by atoms with Gasteiger partial charge in [0.2, 0.25) is 10.0 Å². The maximum Gasteiger partial charge on any atom is 0.246 e. The van der Waals surface area contributed by atoms with Crippen molar-refractivity contribution >= 4 is 21.5 Å². The Balaban J connectivity index is 1.53. The molecule has 1 aliphatic heterocycles. The van der Waals surface area contributed by atoms with Crippen LogP contribution < -0.4 is 4.90 Å². The van der Waals surface area contributed by atoms with E-state index in [1.807, 2.05) is 4.90 Å². The molecule has 8 nitrogen and oxygen atoms in total. The topological polar surface area (TPSA) is 83.7 Å². The third-order valence-corrected chi connectivity index (χ3v) is 6.13. The minimum Gasteiger partial charge on any atom is -0.353 e. The Kier molecular flexibility index (Phi) is 4.04.